The van der Waals surface area contributed by atoms with Gasteiger partial charge in [-0.2, -0.15) is 0 Å². The fourth-order valence-electron chi connectivity index (χ4n) is 1.39. The molecule has 1 N–H and O–H groups in total. The Hall–Kier alpha value is 0.250. The number of hydrogen-bond acceptors (Lipinski definition) is 1. The summed E-state index contributed by atoms with van der Waals surface area (Å²) >= 11 is 5.63. The summed E-state index contributed by atoms with van der Waals surface area (Å²) in [7, 11) is 0. The quantitative estimate of drug-likeness (QED) is 0.485. The fourth-order valence-corrected chi connectivity index (χ4v) is 1.52. The van der Waals surface area contributed by atoms with Crippen LogP contribution < -0.4 is 0 Å². The lowest BCUT2D eigenvalue weighted by molar-refractivity contribution is 0.251. The van der Waals surface area contributed by atoms with Gasteiger partial charge in [-0.3, -0.25) is 0 Å². The zero-order valence-corrected chi connectivity index (χ0v) is 9.03. The van der Waals surface area contributed by atoms with Gasteiger partial charge >= 0.3 is 0 Å². The third-order valence-corrected chi connectivity index (χ3v) is 2.52. The van der Waals surface area contributed by atoms with Crippen molar-refractivity contribution in [2.24, 2.45) is 5.41 Å². The first-order valence-electron chi connectivity index (χ1n) is 4.79. The summed E-state index contributed by atoms with van der Waals surface area (Å²) in [5, 5.41) is 8.62. The van der Waals surface area contributed by atoms with Crippen LogP contribution in [0.3, 0.4) is 0 Å². The number of halogens is 1. The van der Waals surface area contributed by atoms with E-state index >= 15 is 0 Å². The molecule has 0 atom stereocenters. The van der Waals surface area contributed by atoms with E-state index in [4.69, 9.17) is 16.7 Å². The number of hydrogen-bond donors (Lipinski definition) is 1. The second-order valence-electron chi connectivity index (χ2n) is 4.14. The molecule has 74 valence electrons. The van der Waals surface area contributed by atoms with Crippen molar-refractivity contribution < 1.29 is 5.11 Å². The molecule has 0 aromatic carbocycles. The number of rotatable bonds is 7. The van der Waals surface area contributed by atoms with Gasteiger partial charge in [0, 0.05) is 12.5 Å². The molecule has 0 aromatic heterocycles. The van der Waals surface area contributed by atoms with Gasteiger partial charge in [0.15, 0.2) is 0 Å². The molecule has 0 bridgehead atoms. The second-order valence-corrected chi connectivity index (χ2v) is 4.52. The van der Waals surface area contributed by atoms with Crippen molar-refractivity contribution in [1.29, 1.82) is 0 Å². The molecule has 0 aliphatic carbocycles. The Morgan fingerprint density at radius 2 is 1.67 bits per heavy atom. The first-order valence-corrected chi connectivity index (χ1v) is 5.33. The van der Waals surface area contributed by atoms with Gasteiger partial charge in [-0.1, -0.05) is 20.3 Å². The minimum atomic E-state index is 0.325. The summed E-state index contributed by atoms with van der Waals surface area (Å²) < 4.78 is 0. The predicted molar refractivity (Wildman–Crippen MR) is 54.7 cm³/mol. The van der Waals surface area contributed by atoms with Gasteiger partial charge in [0.1, 0.15) is 0 Å². The molecule has 0 aromatic rings. The highest BCUT2D eigenvalue weighted by molar-refractivity contribution is 6.17. The molecule has 0 heterocycles. The molecule has 0 amide bonds. The Balaban J connectivity index is 3.42. The van der Waals surface area contributed by atoms with Crippen molar-refractivity contribution in [1.82, 2.24) is 0 Å². The molecule has 0 spiro atoms. The SMILES string of the molecule is CC(C)(CCCCl)CCCCO. The summed E-state index contributed by atoms with van der Waals surface area (Å²) in [5.41, 5.74) is 0.407. The normalized spacial score (nSPS) is 12.0. The first-order chi connectivity index (χ1) is 5.62. The summed E-state index contributed by atoms with van der Waals surface area (Å²) in [5.74, 6) is 0.767. The van der Waals surface area contributed by atoms with Crippen molar-refractivity contribution >= 4 is 11.6 Å². The van der Waals surface area contributed by atoms with Crippen LogP contribution in [0, 0.1) is 5.41 Å². The van der Waals surface area contributed by atoms with E-state index in [0.29, 0.717) is 12.0 Å². The summed E-state index contributed by atoms with van der Waals surface area (Å²) in [6, 6.07) is 0. The molecule has 0 unspecified atom stereocenters. The molecule has 0 fully saturated rings. The highest BCUT2D eigenvalue weighted by Crippen LogP contribution is 2.28. The van der Waals surface area contributed by atoms with Gasteiger partial charge in [0.05, 0.1) is 0 Å². The topological polar surface area (TPSA) is 20.2 Å². The third kappa shape index (κ3) is 6.93. The van der Waals surface area contributed by atoms with Gasteiger partial charge in [-0.15, -0.1) is 11.6 Å². The lowest BCUT2D eigenvalue weighted by atomic mass is 9.83. The van der Waals surface area contributed by atoms with E-state index < -0.39 is 0 Å². The lowest BCUT2D eigenvalue weighted by Gasteiger charge is -2.23. The number of alkyl halides is 1. The van der Waals surface area contributed by atoms with Crippen molar-refractivity contribution in [2.75, 3.05) is 12.5 Å². The minimum Gasteiger partial charge on any atom is -0.396 e. The zero-order chi connectivity index (χ0) is 9.45. The Bertz CT molecular complexity index is 102. The Labute approximate surface area is 81.1 Å². The summed E-state index contributed by atoms with van der Waals surface area (Å²) in [6.45, 7) is 4.87. The number of aliphatic hydroxyl groups is 1. The van der Waals surface area contributed by atoms with Crippen LogP contribution in [0.2, 0.25) is 0 Å². The van der Waals surface area contributed by atoms with Gasteiger partial charge in [0.2, 0.25) is 0 Å². The van der Waals surface area contributed by atoms with Crippen LogP contribution >= 0.6 is 11.6 Å². The Kier molecular flexibility index (Phi) is 6.87. The van der Waals surface area contributed by atoms with Crippen molar-refractivity contribution in [3.05, 3.63) is 0 Å². The van der Waals surface area contributed by atoms with Crippen LogP contribution in [0.15, 0.2) is 0 Å². The van der Waals surface area contributed by atoms with Crippen LogP contribution in [0.4, 0.5) is 0 Å². The highest BCUT2D eigenvalue weighted by Gasteiger charge is 2.15. The predicted octanol–water partition coefficient (Wildman–Crippen LogP) is 3.19. The highest BCUT2D eigenvalue weighted by atomic mass is 35.5. The van der Waals surface area contributed by atoms with Crippen LogP contribution in [-0.4, -0.2) is 17.6 Å². The fraction of sp³-hybridized carbons (Fsp3) is 1.00. The maximum Gasteiger partial charge on any atom is 0.0431 e. The smallest absolute Gasteiger partial charge is 0.0431 e. The molecule has 0 rings (SSSR count). The zero-order valence-electron chi connectivity index (χ0n) is 8.27. The van der Waals surface area contributed by atoms with Crippen LogP contribution in [0.1, 0.15) is 46.0 Å². The number of aliphatic hydroxyl groups excluding tert-OH is 1. The molecule has 12 heavy (non-hydrogen) atoms. The van der Waals surface area contributed by atoms with E-state index in [1.165, 1.54) is 12.8 Å². The maximum atomic E-state index is 8.62. The molecule has 0 saturated carbocycles. The summed E-state index contributed by atoms with van der Waals surface area (Å²) in [4.78, 5) is 0. The molecule has 0 aliphatic rings. The van der Waals surface area contributed by atoms with Gasteiger partial charge in [0.25, 0.3) is 0 Å². The average molecular weight is 193 g/mol. The van der Waals surface area contributed by atoms with E-state index in [1.807, 2.05) is 0 Å². The van der Waals surface area contributed by atoms with Gasteiger partial charge < -0.3 is 5.11 Å². The molecular formula is C10H21ClO. The molecular weight excluding hydrogens is 172 g/mol. The second kappa shape index (κ2) is 6.73. The summed E-state index contributed by atoms with van der Waals surface area (Å²) in [6.07, 6.45) is 5.57. The average Bonchev–Trinajstić information content (AvgIpc) is 2.01. The monoisotopic (exact) mass is 192 g/mol. The van der Waals surface area contributed by atoms with Crippen LogP contribution in [0.5, 0.6) is 0 Å². The van der Waals surface area contributed by atoms with Gasteiger partial charge in [-0.05, 0) is 31.1 Å². The van der Waals surface area contributed by atoms with Crippen molar-refractivity contribution in [3.63, 3.8) is 0 Å². The van der Waals surface area contributed by atoms with E-state index in [1.54, 1.807) is 0 Å². The van der Waals surface area contributed by atoms with Crippen molar-refractivity contribution in [2.45, 2.75) is 46.0 Å². The Morgan fingerprint density at radius 3 is 2.17 bits per heavy atom. The minimum absolute atomic E-state index is 0.325. The molecule has 1 nitrogen and oxygen atoms in total. The molecule has 0 saturated heterocycles. The molecule has 0 aliphatic heterocycles. The standard InChI is InChI=1S/C10H21ClO/c1-10(2,7-5-8-11)6-3-4-9-12/h12H,3-9H2,1-2H3. The van der Waals surface area contributed by atoms with Crippen LogP contribution in [-0.2, 0) is 0 Å². The van der Waals surface area contributed by atoms with Crippen LogP contribution in [0.25, 0.3) is 0 Å². The third-order valence-electron chi connectivity index (χ3n) is 2.25. The lowest BCUT2D eigenvalue weighted by Crippen LogP contribution is -2.11. The maximum absolute atomic E-state index is 8.62. The van der Waals surface area contributed by atoms with E-state index in [2.05, 4.69) is 13.8 Å². The van der Waals surface area contributed by atoms with Crippen molar-refractivity contribution in [3.8, 4) is 0 Å². The largest absolute Gasteiger partial charge is 0.396 e. The molecule has 2 heteroatoms. The van der Waals surface area contributed by atoms with E-state index in [0.717, 1.165) is 25.1 Å². The molecule has 0 radical (unpaired) electrons. The number of unbranched alkanes of at least 4 members (excludes halogenated alkanes) is 1. The Morgan fingerprint density at radius 1 is 1.08 bits per heavy atom. The first kappa shape index (κ1) is 12.2. The van der Waals surface area contributed by atoms with E-state index in [-0.39, 0.29) is 0 Å². The van der Waals surface area contributed by atoms with E-state index in [9.17, 15) is 0 Å². The van der Waals surface area contributed by atoms with Gasteiger partial charge in [-0.25, -0.2) is 0 Å².